The van der Waals surface area contributed by atoms with Crippen molar-refractivity contribution in [2.24, 2.45) is 0 Å². The van der Waals surface area contributed by atoms with Gasteiger partial charge in [0.25, 0.3) is 0 Å². The summed E-state index contributed by atoms with van der Waals surface area (Å²) in [4.78, 5) is 29.0. The van der Waals surface area contributed by atoms with Gasteiger partial charge in [0.15, 0.2) is 0 Å². The van der Waals surface area contributed by atoms with E-state index in [0.29, 0.717) is 0 Å². The first-order valence-electron chi connectivity index (χ1n) is 50.3. The van der Waals surface area contributed by atoms with E-state index in [1.165, 1.54) is 330 Å². The monoisotopic (exact) mass is 1780 g/mol. The van der Waals surface area contributed by atoms with E-state index in [2.05, 4.69) is 345 Å². The summed E-state index contributed by atoms with van der Waals surface area (Å²) in [6, 6.07) is 114. The van der Waals surface area contributed by atoms with Crippen LogP contribution >= 0.6 is 0 Å². The molecule has 8 nitrogen and oxygen atoms in total. The number of fused-ring (bicyclic) bond motifs is 44. The summed E-state index contributed by atoms with van der Waals surface area (Å²) >= 11 is 0. The number of rotatable bonds is 0. The molecule has 8 heteroatoms. The molecule has 0 saturated heterocycles. The minimum atomic E-state index is 0.899. The van der Waals surface area contributed by atoms with E-state index in [9.17, 15) is 0 Å². The van der Waals surface area contributed by atoms with Crippen LogP contribution in [0.4, 0.5) is 68.4 Å². The average molecular weight is 1790 g/mol. The number of pyridine rings is 4. The Morgan fingerprint density at radius 2 is 0.436 bits per heavy atom. The number of nitrogens with zero attached hydrogens (tertiary/aromatic N) is 8. The summed E-state index contributed by atoms with van der Waals surface area (Å²) in [5.41, 5.74) is 83.7. The predicted octanol–water partition coefficient (Wildman–Crippen LogP) is 30.0. The Labute approximate surface area is 812 Å². The third-order valence-corrected chi connectivity index (χ3v) is 34.3. The van der Waals surface area contributed by atoms with E-state index >= 15 is 0 Å². The van der Waals surface area contributed by atoms with Crippen LogP contribution in [-0.2, 0) is 103 Å². The molecule has 0 spiro atoms. The molecule has 4 aromatic heterocycles. The normalized spacial score (nSPS) is 14.9. The van der Waals surface area contributed by atoms with Crippen LogP contribution in [0.3, 0.4) is 0 Å². The zero-order chi connectivity index (χ0) is 90.7. The second-order valence-corrected chi connectivity index (χ2v) is 41.5. The molecule has 8 aliphatic carbocycles. The van der Waals surface area contributed by atoms with E-state index in [0.717, 1.165) is 109 Å². The standard InChI is InChI=1S/4C33H22N2/c1-3-9-25-19(6-1)12-22-18-31-23(15-27(22)25)16-30-29-14-20-7-2-4-10-26(20)28(29)17-24-13-21-8-5-11-34-33(21)35(31)32(24)30;1-3-8-24-19(6-1)12-21-18-32-22(14-26(21)24)15-29-28-13-20-7-2-4-9-25(20)27(28)16-23-17-30-31(10-5-11-34-30)35(32)33(23)29;1-3-7-25-19(5-1)11-21-17-32-22(14-27(21)25)15-30-29-13-20-6-2-4-8-26(20)28(29)16-23-12-24-18-34-10-9-31(24)35(32)33(23)30;1-3-7-25-19(5-1)11-22-17-31-23(14-27(22)25)15-30-29-13-20-6-2-4-8-26(20)28(29)16-24-12-21-9-10-34-18-32(21)35(31)33(24)30/h1-11,15,17-18H,12-14,16H2;1-11,14,16,18H,12-13,15,17H2;2*1-10,14,16-18H,11-13,15H2. The molecule has 20 aromatic rings. The molecule has 8 aliphatic heterocycles. The zero-order valence-corrected chi connectivity index (χ0v) is 77.2. The molecule has 0 fully saturated rings. The predicted molar refractivity (Wildman–Crippen MR) is 564 cm³/mol. The molecule has 16 aliphatic rings. The molecule has 12 heterocycles. The Kier molecular flexibility index (Phi) is 15.6. The topological polar surface area (TPSA) is 64.5 Å². The molecule has 16 aromatic carbocycles. The van der Waals surface area contributed by atoms with Gasteiger partial charge in [0, 0.05) is 82.4 Å². The van der Waals surface area contributed by atoms with Crippen molar-refractivity contribution in [3.8, 4) is 89.0 Å². The van der Waals surface area contributed by atoms with Crippen molar-refractivity contribution in [2.75, 3.05) is 19.6 Å². The smallest absolute Gasteiger partial charge is 0.141 e. The van der Waals surface area contributed by atoms with Gasteiger partial charge in [-0.05, 0) is 416 Å². The lowest BCUT2D eigenvalue weighted by Crippen LogP contribution is -2.26. The highest BCUT2D eigenvalue weighted by Crippen LogP contribution is 2.63. The van der Waals surface area contributed by atoms with Crippen molar-refractivity contribution in [2.45, 2.75) is 103 Å². The molecular formula is C132H88N8. The molecule has 0 bridgehead atoms. The third kappa shape index (κ3) is 10.8. The van der Waals surface area contributed by atoms with Gasteiger partial charge in [-0.2, -0.15) is 0 Å². The molecule has 0 saturated carbocycles. The highest BCUT2D eigenvalue weighted by atomic mass is 15.2. The largest absolute Gasteiger partial charge is 0.309 e. The molecule has 0 unspecified atom stereocenters. The van der Waals surface area contributed by atoms with Gasteiger partial charge in [0.05, 0.1) is 74.5 Å². The molecule has 0 N–H and O–H groups in total. The van der Waals surface area contributed by atoms with Gasteiger partial charge in [0.2, 0.25) is 0 Å². The Morgan fingerprint density at radius 1 is 0.150 bits per heavy atom. The number of aromatic nitrogens is 4. The maximum atomic E-state index is 4.94. The second kappa shape index (κ2) is 28.5. The number of anilines is 12. The fourth-order valence-corrected chi connectivity index (χ4v) is 28.4. The van der Waals surface area contributed by atoms with Gasteiger partial charge in [-0.1, -0.05) is 200 Å². The number of hydrogen-bond donors (Lipinski definition) is 0. The minimum absolute atomic E-state index is 0.899. The van der Waals surface area contributed by atoms with Crippen LogP contribution in [0.1, 0.15) is 178 Å². The van der Waals surface area contributed by atoms with Crippen molar-refractivity contribution < 1.29 is 0 Å². The summed E-state index contributed by atoms with van der Waals surface area (Å²) in [6.45, 7) is 0. The lowest BCUT2D eigenvalue weighted by atomic mass is 9.82. The third-order valence-electron chi connectivity index (χ3n) is 34.3. The van der Waals surface area contributed by atoms with E-state index in [1.54, 1.807) is 0 Å². The first-order chi connectivity index (χ1) is 69.3. The van der Waals surface area contributed by atoms with Crippen molar-refractivity contribution in [3.05, 3.63) is 519 Å². The van der Waals surface area contributed by atoms with Crippen molar-refractivity contribution in [3.63, 3.8) is 0 Å². The van der Waals surface area contributed by atoms with E-state index in [4.69, 9.17) is 9.97 Å². The summed E-state index contributed by atoms with van der Waals surface area (Å²) in [5.74, 6) is 1.10. The summed E-state index contributed by atoms with van der Waals surface area (Å²) in [7, 11) is 0. The van der Waals surface area contributed by atoms with Gasteiger partial charge >= 0.3 is 0 Å². The van der Waals surface area contributed by atoms with Crippen molar-refractivity contribution in [1.82, 2.24) is 19.9 Å². The molecular weight excluding hydrogens is 1700 g/mol. The highest BCUT2D eigenvalue weighted by molar-refractivity contribution is 6.02. The lowest BCUT2D eigenvalue weighted by Gasteiger charge is -2.40. The Morgan fingerprint density at radius 3 is 0.850 bits per heavy atom. The van der Waals surface area contributed by atoms with Gasteiger partial charge in [-0.25, -0.2) is 4.98 Å². The summed E-state index contributed by atoms with van der Waals surface area (Å²) in [6.07, 6.45) is 27.9. The second-order valence-electron chi connectivity index (χ2n) is 41.5. The minimum Gasteiger partial charge on any atom is -0.309 e. The Hall–Kier alpha value is -16.7. The summed E-state index contributed by atoms with van der Waals surface area (Å²) in [5, 5.41) is 0. The van der Waals surface area contributed by atoms with Gasteiger partial charge < -0.3 is 14.7 Å². The lowest BCUT2D eigenvalue weighted by molar-refractivity contribution is 0.960. The quantitative estimate of drug-likeness (QED) is 0.149. The van der Waals surface area contributed by atoms with E-state index in [1.807, 2.05) is 24.8 Å². The first kappa shape index (κ1) is 76.5. The molecule has 0 amide bonds. The first-order valence-corrected chi connectivity index (χ1v) is 50.3. The van der Waals surface area contributed by atoms with Crippen LogP contribution in [0.15, 0.2) is 340 Å². The maximum Gasteiger partial charge on any atom is 0.141 e. The highest BCUT2D eigenvalue weighted by Gasteiger charge is 2.45. The SMILES string of the molecule is c1ccc2c(c1)Cc1cc3c(cc1-2)Cc1c2c(cc4c1N3c1cccnc1C4)-c1ccccc1C2.c1ccc2c(c1)Cc1cc3c(cc1-2)Cc1c2c(cc4c1N3c1ccncc1C4)-c1ccccc1C2.c1ccc2c(c1)Cc1cc3c(cc1-2)Cc1c2c(cc4c1N3c1cnccc1C4)-c1ccccc1C2.c1ccc2c(c1)Cc1cc3c(cc1-2)Cc1c2c(cc4c1N3c1ncccc1C4)-c1ccccc1C2. The Balaban J connectivity index is 0.0000000829. The molecule has 140 heavy (non-hydrogen) atoms. The molecule has 36 rings (SSSR count). The fourth-order valence-electron chi connectivity index (χ4n) is 28.4. The maximum absolute atomic E-state index is 4.94. The number of benzene rings is 16. The van der Waals surface area contributed by atoms with E-state index in [-0.39, 0.29) is 0 Å². The van der Waals surface area contributed by atoms with Crippen LogP contribution in [0.5, 0.6) is 0 Å². The van der Waals surface area contributed by atoms with Crippen molar-refractivity contribution >= 4 is 68.4 Å². The van der Waals surface area contributed by atoms with Gasteiger partial charge in [0.1, 0.15) is 5.82 Å². The molecule has 656 valence electrons. The number of hydrogen-bond acceptors (Lipinski definition) is 8. The van der Waals surface area contributed by atoms with Crippen molar-refractivity contribution in [1.29, 1.82) is 0 Å². The Bertz CT molecular complexity index is 8090. The molecule has 0 atom stereocenters. The van der Waals surface area contributed by atoms with Crippen LogP contribution in [0.25, 0.3) is 89.0 Å². The average Bonchev–Trinajstić information content (AvgIpc) is 1.41. The molecule has 0 radical (unpaired) electrons. The fraction of sp³-hybridized carbons (Fsp3) is 0.121. The van der Waals surface area contributed by atoms with Gasteiger partial charge in [-0.3, -0.25) is 19.9 Å². The zero-order valence-electron chi connectivity index (χ0n) is 77.2. The van der Waals surface area contributed by atoms with Crippen LogP contribution in [0, 0.1) is 0 Å². The van der Waals surface area contributed by atoms with Crippen LogP contribution in [-0.4, -0.2) is 19.9 Å². The van der Waals surface area contributed by atoms with Crippen LogP contribution in [0.2, 0.25) is 0 Å². The van der Waals surface area contributed by atoms with Gasteiger partial charge in [-0.15, -0.1) is 0 Å². The summed E-state index contributed by atoms with van der Waals surface area (Å²) < 4.78 is 0. The van der Waals surface area contributed by atoms with Crippen LogP contribution < -0.4 is 19.6 Å². The van der Waals surface area contributed by atoms with E-state index < -0.39 is 0 Å².